The Balaban J connectivity index is 1.56. The van der Waals surface area contributed by atoms with E-state index in [1.54, 1.807) is 12.1 Å². The molecule has 0 saturated carbocycles. The third-order valence-electron chi connectivity index (χ3n) is 6.58. The van der Waals surface area contributed by atoms with Crippen LogP contribution in [0.2, 0.25) is 0 Å². The number of unbranched alkanes of at least 4 members (excludes halogenated alkanes) is 4. The van der Waals surface area contributed by atoms with Crippen LogP contribution >= 0.6 is 0 Å². The highest BCUT2D eigenvalue weighted by Gasteiger charge is 2.27. The molecule has 1 aliphatic rings. The first-order valence-corrected chi connectivity index (χ1v) is 12.9. The third-order valence-corrected chi connectivity index (χ3v) is 6.58. The first kappa shape index (κ1) is 28.6. The molecule has 1 aromatic carbocycles. The average molecular weight is 527 g/mol. The lowest BCUT2D eigenvalue weighted by atomic mass is 10.0. The van der Waals surface area contributed by atoms with Crippen molar-refractivity contribution in [1.82, 2.24) is 15.4 Å². The van der Waals surface area contributed by atoms with E-state index in [0.29, 0.717) is 41.9 Å². The lowest BCUT2D eigenvalue weighted by molar-refractivity contribution is -0.156. The van der Waals surface area contributed by atoms with Crippen LogP contribution in [-0.2, 0) is 25.8 Å². The van der Waals surface area contributed by atoms with Gasteiger partial charge in [0.1, 0.15) is 5.82 Å². The number of fused-ring (bicyclic) bond motifs is 1. The largest absolute Gasteiger partial charge is 0.352 e. The molecule has 1 aliphatic heterocycles. The molecule has 3 amide bonds. The lowest BCUT2D eigenvalue weighted by Gasteiger charge is -2.08. The van der Waals surface area contributed by atoms with Gasteiger partial charge in [-0.1, -0.05) is 19.3 Å². The van der Waals surface area contributed by atoms with Crippen molar-refractivity contribution in [3.8, 4) is 0 Å². The van der Waals surface area contributed by atoms with Crippen molar-refractivity contribution in [2.24, 2.45) is 0 Å². The van der Waals surface area contributed by atoms with E-state index < -0.39 is 11.8 Å². The van der Waals surface area contributed by atoms with E-state index in [9.17, 15) is 23.6 Å². The number of benzene rings is 1. The van der Waals surface area contributed by atoms with Crippen molar-refractivity contribution in [3.63, 3.8) is 0 Å². The smallest absolute Gasteiger partial charge is 0.329 e. The van der Waals surface area contributed by atoms with Crippen molar-refractivity contribution in [2.45, 2.75) is 72.8 Å². The zero-order chi connectivity index (χ0) is 27.8. The van der Waals surface area contributed by atoms with E-state index in [0.717, 1.165) is 42.6 Å². The predicted octanol–water partition coefficient (Wildman–Crippen LogP) is 4.42. The number of anilines is 1. The summed E-state index contributed by atoms with van der Waals surface area (Å²) in [5.74, 6) is -1.78. The van der Waals surface area contributed by atoms with Gasteiger partial charge in [0.2, 0.25) is 0 Å². The normalized spacial score (nSPS) is 13.3. The zero-order valence-corrected chi connectivity index (χ0v) is 22.3. The molecule has 0 saturated heterocycles. The molecule has 0 unspecified atom stereocenters. The second-order valence-electron chi connectivity index (χ2n) is 9.31. The van der Waals surface area contributed by atoms with E-state index >= 15 is 0 Å². The maximum absolute atomic E-state index is 13.9. The molecule has 1 aromatic heterocycles. The SMILES string of the molecule is CCn1c(C)c(C(=O)NCCCCCCCC(=O)NOC(C)=O)c(C)c1C=C1C(=O)Nc2ccc(F)cc21. The Hall–Kier alpha value is -3.95. The number of nitrogens with zero attached hydrogens (tertiary/aromatic N) is 1. The van der Waals surface area contributed by atoms with Gasteiger partial charge in [0.05, 0.1) is 11.1 Å². The number of halogens is 1. The summed E-state index contributed by atoms with van der Waals surface area (Å²) in [6, 6.07) is 4.19. The summed E-state index contributed by atoms with van der Waals surface area (Å²) < 4.78 is 15.8. The van der Waals surface area contributed by atoms with E-state index in [1.807, 2.05) is 25.3 Å². The molecule has 0 atom stereocenters. The molecule has 10 heteroatoms. The van der Waals surface area contributed by atoms with E-state index in [-0.39, 0.29) is 24.1 Å². The third kappa shape index (κ3) is 6.87. The van der Waals surface area contributed by atoms with Crippen LogP contribution in [0.4, 0.5) is 10.1 Å². The van der Waals surface area contributed by atoms with Gasteiger partial charge in [-0.05, 0) is 63.5 Å². The highest BCUT2D eigenvalue weighted by molar-refractivity contribution is 6.35. The summed E-state index contributed by atoms with van der Waals surface area (Å²) in [5.41, 5.74) is 6.42. The van der Waals surface area contributed by atoms with Gasteiger partial charge in [0, 0.05) is 49.1 Å². The quantitative estimate of drug-likeness (QED) is 0.228. The fourth-order valence-corrected chi connectivity index (χ4v) is 4.70. The molecule has 9 nitrogen and oxygen atoms in total. The molecule has 0 radical (unpaired) electrons. The van der Waals surface area contributed by atoms with Crippen molar-refractivity contribution in [1.29, 1.82) is 0 Å². The molecule has 3 rings (SSSR count). The Bertz CT molecular complexity index is 1260. The highest BCUT2D eigenvalue weighted by atomic mass is 19.1. The van der Waals surface area contributed by atoms with Crippen LogP contribution in [0.25, 0.3) is 11.6 Å². The van der Waals surface area contributed by atoms with Crippen LogP contribution in [0.3, 0.4) is 0 Å². The summed E-state index contributed by atoms with van der Waals surface area (Å²) in [5, 5.41) is 5.76. The molecule has 3 N–H and O–H groups in total. The number of rotatable bonds is 11. The van der Waals surface area contributed by atoms with Gasteiger partial charge in [-0.25, -0.2) is 4.39 Å². The molecule has 0 spiro atoms. The Labute approximate surface area is 221 Å². The number of amides is 3. The molecule has 38 heavy (non-hydrogen) atoms. The van der Waals surface area contributed by atoms with Gasteiger partial charge in [0.25, 0.3) is 17.7 Å². The fourth-order valence-electron chi connectivity index (χ4n) is 4.70. The van der Waals surface area contributed by atoms with Gasteiger partial charge in [0.15, 0.2) is 0 Å². The molecule has 0 bridgehead atoms. The number of carbonyl (C=O) groups excluding carboxylic acids is 4. The van der Waals surface area contributed by atoms with Crippen LogP contribution in [0.15, 0.2) is 18.2 Å². The van der Waals surface area contributed by atoms with E-state index in [4.69, 9.17) is 0 Å². The first-order valence-electron chi connectivity index (χ1n) is 12.9. The van der Waals surface area contributed by atoms with Gasteiger partial charge >= 0.3 is 5.97 Å². The number of nitrogens with one attached hydrogen (secondary N) is 3. The van der Waals surface area contributed by atoms with Gasteiger partial charge < -0.3 is 20.0 Å². The predicted molar refractivity (Wildman–Crippen MR) is 142 cm³/mol. The summed E-state index contributed by atoms with van der Waals surface area (Å²) in [4.78, 5) is 52.3. The lowest BCUT2D eigenvalue weighted by Crippen LogP contribution is -2.25. The van der Waals surface area contributed by atoms with Crippen LogP contribution in [0.5, 0.6) is 0 Å². The Morgan fingerprint density at radius 2 is 1.82 bits per heavy atom. The minimum Gasteiger partial charge on any atom is -0.352 e. The zero-order valence-electron chi connectivity index (χ0n) is 22.3. The van der Waals surface area contributed by atoms with Gasteiger partial charge in [-0.3, -0.25) is 19.2 Å². The van der Waals surface area contributed by atoms with Crippen LogP contribution in [-0.4, -0.2) is 34.8 Å². The minimum atomic E-state index is -0.561. The summed E-state index contributed by atoms with van der Waals surface area (Å²) >= 11 is 0. The summed E-state index contributed by atoms with van der Waals surface area (Å²) in [7, 11) is 0. The second-order valence-corrected chi connectivity index (χ2v) is 9.31. The van der Waals surface area contributed by atoms with Crippen molar-refractivity contribution < 1.29 is 28.4 Å². The molecule has 0 fully saturated rings. The molecule has 2 aromatic rings. The van der Waals surface area contributed by atoms with Crippen LogP contribution in [0, 0.1) is 19.7 Å². The Morgan fingerprint density at radius 1 is 1.11 bits per heavy atom. The van der Waals surface area contributed by atoms with E-state index in [2.05, 4.69) is 21.0 Å². The van der Waals surface area contributed by atoms with Gasteiger partial charge in [-0.2, -0.15) is 5.48 Å². The fraction of sp³-hybridized carbons (Fsp3) is 0.429. The second kappa shape index (κ2) is 13.0. The minimum absolute atomic E-state index is 0.170. The Morgan fingerprint density at radius 3 is 2.53 bits per heavy atom. The first-order chi connectivity index (χ1) is 18.1. The number of hydrogen-bond donors (Lipinski definition) is 3. The molecular formula is C28H35FN4O5. The van der Waals surface area contributed by atoms with Crippen molar-refractivity contribution >= 4 is 41.0 Å². The number of hydrogen-bond acceptors (Lipinski definition) is 5. The maximum atomic E-state index is 13.9. The molecule has 2 heterocycles. The van der Waals surface area contributed by atoms with Crippen LogP contribution in [0.1, 0.15) is 85.2 Å². The standard InChI is InChI=1S/C28H35FN4O5/c1-5-33-18(3)26(28(37)30-14-10-8-6-7-9-11-25(35)32-38-19(4)34)17(2)24(33)16-22-21-15-20(29)12-13-23(21)31-27(22)36/h12-13,15-16H,5-11,14H2,1-4H3,(H,30,37)(H,31,36)(H,32,35). The van der Waals surface area contributed by atoms with Crippen molar-refractivity contribution in [3.05, 3.63) is 52.1 Å². The molecule has 204 valence electrons. The highest BCUT2D eigenvalue weighted by Crippen LogP contribution is 2.35. The number of aromatic nitrogens is 1. The van der Waals surface area contributed by atoms with Crippen LogP contribution < -0.4 is 16.1 Å². The average Bonchev–Trinajstić information content (AvgIpc) is 3.30. The van der Waals surface area contributed by atoms with Crippen molar-refractivity contribution in [2.75, 3.05) is 11.9 Å². The topological polar surface area (TPSA) is 119 Å². The summed E-state index contributed by atoms with van der Waals surface area (Å²) in [6.45, 7) is 8.06. The molecular weight excluding hydrogens is 491 g/mol. The number of carbonyl (C=O) groups is 4. The number of hydroxylamine groups is 1. The molecule has 0 aliphatic carbocycles. The monoisotopic (exact) mass is 526 g/mol. The van der Waals surface area contributed by atoms with Gasteiger partial charge in [-0.15, -0.1) is 0 Å². The Kier molecular flexibility index (Phi) is 9.81. The van der Waals surface area contributed by atoms with E-state index in [1.165, 1.54) is 19.1 Å². The summed E-state index contributed by atoms with van der Waals surface area (Å²) in [6.07, 6.45) is 6.20. The maximum Gasteiger partial charge on any atom is 0.329 e.